The van der Waals surface area contributed by atoms with Gasteiger partial charge < -0.3 is 5.32 Å². The number of nitrogens with zero attached hydrogens (tertiary/aromatic N) is 2. The summed E-state index contributed by atoms with van der Waals surface area (Å²) in [7, 11) is 1.84. The second kappa shape index (κ2) is 5.58. The van der Waals surface area contributed by atoms with Crippen LogP contribution in [0.1, 0.15) is 16.1 Å². The molecule has 0 aliphatic rings. The molecule has 2 rings (SSSR count). The SMILES string of the molecule is Cn1ccc(CNC(=O)c2cc(S)ccc2Br)n1. The number of carbonyl (C=O) groups is 1. The van der Waals surface area contributed by atoms with E-state index < -0.39 is 0 Å². The molecule has 1 amide bonds. The number of rotatable bonds is 3. The number of amides is 1. The molecule has 1 N–H and O–H groups in total. The van der Waals surface area contributed by atoms with E-state index in [-0.39, 0.29) is 5.91 Å². The van der Waals surface area contributed by atoms with Gasteiger partial charge in [0, 0.05) is 22.6 Å². The summed E-state index contributed by atoms with van der Waals surface area (Å²) < 4.78 is 2.45. The Labute approximate surface area is 119 Å². The highest BCUT2D eigenvalue weighted by Crippen LogP contribution is 2.20. The smallest absolute Gasteiger partial charge is 0.252 e. The molecular weight excluding hydrogens is 314 g/mol. The van der Waals surface area contributed by atoms with Gasteiger partial charge in [0.25, 0.3) is 5.91 Å². The van der Waals surface area contributed by atoms with Gasteiger partial charge in [-0.3, -0.25) is 9.48 Å². The summed E-state index contributed by atoms with van der Waals surface area (Å²) in [5.41, 5.74) is 1.39. The Morgan fingerprint density at radius 1 is 1.50 bits per heavy atom. The number of hydrogen-bond donors (Lipinski definition) is 2. The number of thiol groups is 1. The molecule has 0 bridgehead atoms. The van der Waals surface area contributed by atoms with E-state index in [1.807, 2.05) is 25.4 Å². The molecule has 4 nitrogen and oxygen atoms in total. The van der Waals surface area contributed by atoms with Crippen LogP contribution in [0.15, 0.2) is 39.8 Å². The number of aromatic nitrogens is 2. The Morgan fingerprint density at radius 2 is 2.28 bits per heavy atom. The minimum atomic E-state index is -0.150. The first-order chi connectivity index (χ1) is 8.56. The Balaban J connectivity index is 2.05. The molecule has 1 aromatic carbocycles. The van der Waals surface area contributed by atoms with Crippen molar-refractivity contribution in [3.05, 3.63) is 46.2 Å². The lowest BCUT2D eigenvalue weighted by atomic mass is 10.2. The zero-order valence-electron chi connectivity index (χ0n) is 9.72. The molecule has 2 aromatic rings. The predicted molar refractivity (Wildman–Crippen MR) is 75.8 cm³/mol. The number of hydrogen-bond acceptors (Lipinski definition) is 3. The maximum absolute atomic E-state index is 12.0. The van der Waals surface area contributed by atoms with Gasteiger partial charge in [0.15, 0.2) is 0 Å². The van der Waals surface area contributed by atoms with Gasteiger partial charge in [0.1, 0.15) is 0 Å². The molecule has 18 heavy (non-hydrogen) atoms. The predicted octanol–water partition coefficient (Wildman–Crippen LogP) is 2.40. The Bertz CT molecular complexity index is 582. The molecule has 0 spiro atoms. The van der Waals surface area contributed by atoms with Crippen molar-refractivity contribution < 1.29 is 4.79 Å². The highest BCUT2D eigenvalue weighted by atomic mass is 79.9. The molecule has 0 saturated carbocycles. The van der Waals surface area contributed by atoms with Crippen LogP contribution in [0.5, 0.6) is 0 Å². The Kier molecular flexibility index (Phi) is 4.08. The Hall–Kier alpha value is -1.27. The fourth-order valence-corrected chi connectivity index (χ4v) is 2.14. The molecule has 0 aliphatic carbocycles. The first-order valence-corrected chi connectivity index (χ1v) is 6.55. The van der Waals surface area contributed by atoms with Crippen molar-refractivity contribution in [2.75, 3.05) is 0 Å². The molecule has 0 saturated heterocycles. The van der Waals surface area contributed by atoms with Crippen LogP contribution >= 0.6 is 28.6 Å². The van der Waals surface area contributed by atoms with Crippen molar-refractivity contribution in [2.24, 2.45) is 7.05 Å². The van der Waals surface area contributed by atoms with Crippen molar-refractivity contribution in [3.63, 3.8) is 0 Å². The van der Waals surface area contributed by atoms with Crippen LogP contribution in [0.3, 0.4) is 0 Å². The van der Waals surface area contributed by atoms with E-state index in [0.29, 0.717) is 12.1 Å². The van der Waals surface area contributed by atoms with Gasteiger partial charge in [0.2, 0.25) is 0 Å². The van der Waals surface area contributed by atoms with Crippen molar-refractivity contribution in [2.45, 2.75) is 11.4 Å². The molecule has 0 aliphatic heterocycles. The molecular formula is C12H12BrN3OS. The zero-order valence-corrected chi connectivity index (χ0v) is 12.2. The van der Waals surface area contributed by atoms with Gasteiger partial charge in [-0.15, -0.1) is 12.6 Å². The quantitative estimate of drug-likeness (QED) is 0.851. The number of nitrogens with one attached hydrogen (secondary N) is 1. The molecule has 1 aromatic heterocycles. The van der Waals surface area contributed by atoms with Crippen LogP contribution in [0, 0.1) is 0 Å². The van der Waals surface area contributed by atoms with Crippen molar-refractivity contribution in [1.82, 2.24) is 15.1 Å². The summed E-state index contributed by atoms with van der Waals surface area (Å²) in [6.07, 6.45) is 1.84. The maximum atomic E-state index is 12.0. The lowest BCUT2D eigenvalue weighted by Gasteiger charge is -2.06. The third kappa shape index (κ3) is 3.14. The van der Waals surface area contributed by atoms with Crippen LogP contribution in [0.25, 0.3) is 0 Å². The first-order valence-electron chi connectivity index (χ1n) is 5.31. The lowest BCUT2D eigenvalue weighted by molar-refractivity contribution is 0.0949. The molecule has 0 radical (unpaired) electrons. The van der Waals surface area contributed by atoms with Gasteiger partial charge in [0.05, 0.1) is 17.8 Å². The van der Waals surface area contributed by atoms with Crippen LogP contribution in [0.4, 0.5) is 0 Å². The number of carbonyl (C=O) groups excluding carboxylic acids is 1. The topological polar surface area (TPSA) is 46.9 Å². The third-order valence-corrected chi connectivity index (χ3v) is 3.36. The number of halogens is 1. The second-order valence-corrected chi connectivity index (χ2v) is 5.20. The summed E-state index contributed by atoms with van der Waals surface area (Å²) in [6.45, 7) is 0.406. The summed E-state index contributed by atoms with van der Waals surface area (Å²) in [4.78, 5) is 12.7. The van der Waals surface area contributed by atoms with Gasteiger partial charge in [-0.1, -0.05) is 0 Å². The maximum Gasteiger partial charge on any atom is 0.252 e. The minimum absolute atomic E-state index is 0.150. The van der Waals surface area contributed by atoms with Gasteiger partial charge in [-0.2, -0.15) is 5.10 Å². The molecule has 1 heterocycles. The summed E-state index contributed by atoms with van der Waals surface area (Å²) in [6, 6.07) is 7.21. The van der Waals surface area contributed by atoms with E-state index >= 15 is 0 Å². The lowest BCUT2D eigenvalue weighted by Crippen LogP contribution is -2.23. The average molecular weight is 326 g/mol. The second-order valence-electron chi connectivity index (χ2n) is 3.83. The highest BCUT2D eigenvalue weighted by molar-refractivity contribution is 9.10. The van der Waals surface area contributed by atoms with Crippen LogP contribution < -0.4 is 5.32 Å². The van der Waals surface area contributed by atoms with E-state index in [0.717, 1.165) is 15.1 Å². The fourth-order valence-electron chi connectivity index (χ4n) is 1.51. The van der Waals surface area contributed by atoms with E-state index in [1.54, 1.807) is 16.8 Å². The average Bonchev–Trinajstić information content (AvgIpc) is 2.75. The molecule has 0 atom stereocenters. The monoisotopic (exact) mass is 325 g/mol. The van der Waals surface area contributed by atoms with Gasteiger partial charge >= 0.3 is 0 Å². The van der Waals surface area contributed by atoms with E-state index in [2.05, 4.69) is 39.0 Å². The third-order valence-electron chi connectivity index (χ3n) is 2.39. The van der Waals surface area contributed by atoms with Crippen molar-refractivity contribution in [1.29, 1.82) is 0 Å². The van der Waals surface area contributed by atoms with Crippen molar-refractivity contribution >= 4 is 34.5 Å². The molecule has 0 fully saturated rings. The van der Waals surface area contributed by atoms with E-state index in [1.165, 1.54) is 0 Å². The van der Waals surface area contributed by atoms with Crippen molar-refractivity contribution in [3.8, 4) is 0 Å². The number of aryl methyl sites for hydroxylation is 1. The van der Waals surface area contributed by atoms with Crippen LogP contribution in [-0.2, 0) is 13.6 Å². The minimum Gasteiger partial charge on any atom is -0.346 e. The van der Waals surface area contributed by atoms with E-state index in [4.69, 9.17) is 0 Å². The standard InChI is InChI=1S/C12H12BrN3OS/c1-16-5-4-8(15-16)7-14-12(17)10-6-9(18)2-3-11(10)13/h2-6,18H,7H2,1H3,(H,14,17). The summed E-state index contributed by atoms with van der Waals surface area (Å²) >= 11 is 7.57. The zero-order chi connectivity index (χ0) is 13.1. The fraction of sp³-hybridized carbons (Fsp3) is 0.167. The molecule has 0 unspecified atom stereocenters. The number of benzene rings is 1. The van der Waals surface area contributed by atoms with Crippen LogP contribution in [0.2, 0.25) is 0 Å². The highest BCUT2D eigenvalue weighted by Gasteiger charge is 2.10. The normalized spacial score (nSPS) is 10.4. The molecule has 6 heteroatoms. The molecule has 94 valence electrons. The Morgan fingerprint density at radius 3 is 2.94 bits per heavy atom. The largest absolute Gasteiger partial charge is 0.346 e. The van der Waals surface area contributed by atoms with Crippen LogP contribution in [-0.4, -0.2) is 15.7 Å². The van der Waals surface area contributed by atoms with E-state index in [9.17, 15) is 4.79 Å². The first kappa shape index (κ1) is 13.2. The summed E-state index contributed by atoms with van der Waals surface area (Å²) in [5, 5.41) is 7.01. The van der Waals surface area contributed by atoms with Gasteiger partial charge in [-0.25, -0.2) is 0 Å². The van der Waals surface area contributed by atoms with Gasteiger partial charge in [-0.05, 0) is 40.2 Å². The summed E-state index contributed by atoms with van der Waals surface area (Å²) in [5.74, 6) is -0.150.